The van der Waals surface area contributed by atoms with Gasteiger partial charge in [0, 0.05) is 11.7 Å². The molecule has 0 spiro atoms. The third-order valence-electron chi connectivity index (χ3n) is 3.59. The van der Waals surface area contributed by atoms with Gasteiger partial charge in [-0.1, -0.05) is 12.1 Å². The molecule has 2 aromatic rings. The van der Waals surface area contributed by atoms with Crippen molar-refractivity contribution in [2.24, 2.45) is 0 Å². The summed E-state index contributed by atoms with van der Waals surface area (Å²) in [5.74, 6) is 0.457. The van der Waals surface area contributed by atoms with Crippen LogP contribution in [0.25, 0.3) is 0 Å². The molecule has 150 valence electrons. The van der Waals surface area contributed by atoms with Crippen LogP contribution in [0.4, 0.5) is 5.69 Å². The molecule has 0 saturated heterocycles. The number of rotatable bonds is 7. The van der Waals surface area contributed by atoms with E-state index in [9.17, 15) is 13.2 Å². The average Bonchev–Trinajstić information content (AvgIpc) is 2.61. The molecule has 2 aromatic carbocycles. The molecule has 0 aliphatic heterocycles. The summed E-state index contributed by atoms with van der Waals surface area (Å²) < 4.78 is 31.8. The molecule has 0 radical (unpaired) electrons. The van der Waals surface area contributed by atoms with Crippen molar-refractivity contribution >= 4 is 38.9 Å². The number of anilines is 1. The third-order valence-corrected chi connectivity index (χ3v) is 5.47. The van der Waals surface area contributed by atoms with Crippen LogP contribution < -0.4 is 20.1 Å². The molecule has 0 heterocycles. The van der Waals surface area contributed by atoms with E-state index in [-0.39, 0.29) is 28.4 Å². The highest BCUT2D eigenvalue weighted by Gasteiger charge is 2.15. The Morgan fingerprint density at radius 3 is 2.21 bits per heavy atom. The molecule has 1 amide bonds. The summed E-state index contributed by atoms with van der Waals surface area (Å²) in [6.07, 6.45) is 0.171. The van der Waals surface area contributed by atoms with Crippen LogP contribution in [0.5, 0.6) is 5.75 Å². The number of hydrogen-bond donors (Lipinski definition) is 3. The zero-order chi connectivity index (χ0) is 20.7. The quantitative estimate of drug-likeness (QED) is 0.594. The van der Waals surface area contributed by atoms with Crippen LogP contribution in [0.2, 0.25) is 0 Å². The molecule has 0 bridgehead atoms. The van der Waals surface area contributed by atoms with Crippen LogP contribution in [-0.2, 0) is 21.2 Å². The fraction of sp³-hybridized carbons (Fsp3) is 0.263. The summed E-state index contributed by atoms with van der Waals surface area (Å²) in [4.78, 5) is 12.3. The van der Waals surface area contributed by atoms with Crippen molar-refractivity contribution in [3.05, 3.63) is 54.1 Å². The summed E-state index contributed by atoms with van der Waals surface area (Å²) >= 11 is 5.14. The van der Waals surface area contributed by atoms with Gasteiger partial charge in [0.05, 0.1) is 18.4 Å². The minimum atomic E-state index is -3.55. The zero-order valence-electron chi connectivity index (χ0n) is 15.9. The molecule has 0 aliphatic carbocycles. The molecule has 0 saturated carbocycles. The fourth-order valence-electron chi connectivity index (χ4n) is 2.36. The summed E-state index contributed by atoms with van der Waals surface area (Å²) in [6.45, 7) is 3.50. The first-order chi connectivity index (χ1) is 13.2. The van der Waals surface area contributed by atoms with E-state index in [0.717, 1.165) is 11.3 Å². The van der Waals surface area contributed by atoms with E-state index in [1.807, 2.05) is 0 Å². The van der Waals surface area contributed by atoms with Gasteiger partial charge in [-0.2, -0.15) is 0 Å². The lowest BCUT2D eigenvalue weighted by molar-refractivity contribution is -0.119. The smallest absolute Gasteiger partial charge is 0.240 e. The first-order valence-corrected chi connectivity index (χ1v) is 10.4. The number of sulfonamides is 1. The van der Waals surface area contributed by atoms with Gasteiger partial charge in [0.2, 0.25) is 15.9 Å². The van der Waals surface area contributed by atoms with E-state index < -0.39 is 10.0 Å². The third kappa shape index (κ3) is 6.59. The van der Waals surface area contributed by atoms with Crippen LogP contribution in [0.15, 0.2) is 53.4 Å². The van der Waals surface area contributed by atoms with Crippen LogP contribution in [0.1, 0.15) is 19.4 Å². The van der Waals surface area contributed by atoms with Gasteiger partial charge in [-0.3, -0.25) is 4.79 Å². The van der Waals surface area contributed by atoms with Crippen LogP contribution >= 0.6 is 12.2 Å². The molecule has 0 aliphatic rings. The Morgan fingerprint density at radius 1 is 1.07 bits per heavy atom. The highest BCUT2D eigenvalue weighted by atomic mass is 32.2. The molecule has 9 heteroatoms. The Labute approximate surface area is 170 Å². The van der Waals surface area contributed by atoms with E-state index >= 15 is 0 Å². The number of carbonyl (C=O) groups excluding carboxylic acids is 1. The van der Waals surface area contributed by atoms with E-state index in [0.29, 0.717) is 5.69 Å². The number of thiocarbonyl (C=S) groups is 1. The standard InChI is InChI=1S/C19H23N3O4S2/c1-13(2)22-28(24,25)17-10-6-15(7-11-17)20-19(27)21-18(23)12-14-4-8-16(26-3)9-5-14/h4-11,13,22H,12H2,1-3H3,(H2,20,21,23,27). The lowest BCUT2D eigenvalue weighted by Gasteiger charge is -2.12. The van der Waals surface area contributed by atoms with Crippen molar-refractivity contribution in [3.8, 4) is 5.75 Å². The van der Waals surface area contributed by atoms with E-state index in [1.165, 1.54) is 12.1 Å². The van der Waals surface area contributed by atoms with Crippen molar-refractivity contribution in [2.45, 2.75) is 31.2 Å². The summed E-state index contributed by atoms with van der Waals surface area (Å²) in [7, 11) is -1.97. The van der Waals surface area contributed by atoms with Gasteiger partial charge in [0.25, 0.3) is 0 Å². The van der Waals surface area contributed by atoms with E-state index in [2.05, 4.69) is 15.4 Å². The van der Waals surface area contributed by atoms with Crippen LogP contribution in [0.3, 0.4) is 0 Å². The topological polar surface area (TPSA) is 96.5 Å². The second-order valence-corrected chi connectivity index (χ2v) is 8.45. The number of amides is 1. The van der Waals surface area contributed by atoms with Crippen molar-refractivity contribution in [1.29, 1.82) is 0 Å². The Balaban J connectivity index is 1.90. The first-order valence-electron chi connectivity index (χ1n) is 8.56. The van der Waals surface area contributed by atoms with Gasteiger partial charge >= 0.3 is 0 Å². The second-order valence-electron chi connectivity index (χ2n) is 6.33. The van der Waals surface area contributed by atoms with Crippen LogP contribution in [-0.4, -0.2) is 32.6 Å². The maximum absolute atomic E-state index is 12.1. The number of methoxy groups -OCH3 is 1. The molecule has 28 heavy (non-hydrogen) atoms. The number of ether oxygens (including phenoxy) is 1. The van der Waals surface area contributed by atoms with Crippen molar-refractivity contribution in [2.75, 3.05) is 12.4 Å². The van der Waals surface area contributed by atoms with Gasteiger partial charge in [-0.05, 0) is 68.0 Å². The maximum Gasteiger partial charge on any atom is 0.240 e. The van der Waals surface area contributed by atoms with E-state index in [4.69, 9.17) is 17.0 Å². The first kappa shape index (κ1) is 21.8. The average molecular weight is 422 g/mol. The Bertz CT molecular complexity index is 925. The van der Waals surface area contributed by atoms with Gasteiger partial charge in [0.15, 0.2) is 5.11 Å². The van der Waals surface area contributed by atoms with Crippen LogP contribution in [0, 0.1) is 0 Å². The van der Waals surface area contributed by atoms with Crippen molar-refractivity contribution in [1.82, 2.24) is 10.0 Å². The molecule has 0 unspecified atom stereocenters. The van der Waals surface area contributed by atoms with Crippen molar-refractivity contribution in [3.63, 3.8) is 0 Å². The molecule has 3 N–H and O–H groups in total. The molecular weight excluding hydrogens is 398 g/mol. The van der Waals surface area contributed by atoms with Crippen molar-refractivity contribution < 1.29 is 17.9 Å². The molecule has 0 atom stereocenters. The highest BCUT2D eigenvalue weighted by molar-refractivity contribution is 7.89. The highest BCUT2D eigenvalue weighted by Crippen LogP contribution is 2.15. The predicted molar refractivity (Wildman–Crippen MR) is 113 cm³/mol. The normalized spacial score (nSPS) is 11.1. The SMILES string of the molecule is COc1ccc(CC(=O)NC(=S)Nc2ccc(S(=O)(=O)NC(C)C)cc2)cc1. The lowest BCUT2D eigenvalue weighted by Crippen LogP contribution is -2.35. The zero-order valence-corrected chi connectivity index (χ0v) is 17.5. The minimum absolute atomic E-state index is 0.134. The summed E-state index contributed by atoms with van der Waals surface area (Å²) in [6, 6.07) is 13.1. The number of hydrogen-bond acceptors (Lipinski definition) is 5. The minimum Gasteiger partial charge on any atom is -0.497 e. The summed E-state index contributed by atoms with van der Waals surface area (Å²) in [5.41, 5.74) is 1.39. The van der Waals surface area contributed by atoms with Gasteiger partial charge < -0.3 is 15.4 Å². The Morgan fingerprint density at radius 2 is 1.68 bits per heavy atom. The van der Waals surface area contributed by atoms with Gasteiger partial charge in [-0.15, -0.1) is 0 Å². The molecule has 0 fully saturated rings. The molecule has 7 nitrogen and oxygen atoms in total. The molecule has 0 aromatic heterocycles. The molecular formula is C19H23N3O4S2. The molecule has 2 rings (SSSR count). The largest absolute Gasteiger partial charge is 0.497 e. The predicted octanol–water partition coefficient (Wildman–Crippen LogP) is 2.44. The van der Waals surface area contributed by atoms with E-state index in [1.54, 1.807) is 57.4 Å². The second kappa shape index (κ2) is 9.63. The fourth-order valence-corrected chi connectivity index (χ4v) is 3.84. The number of carbonyl (C=O) groups is 1. The Kier molecular flexibility index (Phi) is 7.50. The number of nitrogens with one attached hydrogen (secondary N) is 3. The maximum atomic E-state index is 12.1. The monoisotopic (exact) mass is 421 g/mol. The Hall–Kier alpha value is -2.49. The van der Waals surface area contributed by atoms with Gasteiger partial charge in [-0.25, -0.2) is 13.1 Å². The lowest BCUT2D eigenvalue weighted by atomic mass is 10.1. The summed E-state index contributed by atoms with van der Waals surface area (Å²) in [5, 5.41) is 5.59. The van der Waals surface area contributed by atoms with Gasteiger partial charge in [0.1, 0.15) is 5.75 Å². The number of benzene rings is 2.